The molecule has 1 N–H and O–H groups in total. The largest absolute Gasteiger partial charge is 0.381 e. The van der Waals surface area contributed by atoms with E-state index in [-0.39, 0.29) is 5.91 Å². The van der Waals surface area contributed by atoms with Crippen molar-refractivity contribution in [1.29, 1.82) is 0 Å². The molecule has 0 bridgehead atoms. The van der Waals surface area contributed by atoms with Gasteiger partial charge in [0.15, 0.2) is 0 Å². The average molecular weight is 265 g/mol. The molecule has 1 aliphatic heterocycles. The van der Waals surface area contributed by atoms with E-state index in [1.807, 2.05) is 24.7 Å². The second-order valence-electron chi connectivity index (χ2n) is 5.65. The van der Waals surface area contributed by atoms with Gasteiger partial charge in [-0.25, -0.2) is 0 Å². The molecule has 0 aromatic carbocycles. The van der Waals surface area contributed by atoms with E-state index in [9.17, 15) is 4.79 Å². The van der Waals surface area contributed by atoms with Crippen LogP contribution in [-0.4, -0.2) is 28.9 Å². The van der Waals surface area contributed by atoms with Gasteiger partial charge in [0.25, 0.3) is 0 Å². The number of carbonyl (C=O) groups excluding carboxylic acids is 1. The Morgan fingerprint density at radius 2 is 2.26 bits per heavy atom. The van der Waals surface area contributed by atoms with Gasteiger partial charge in [-0.2, -0.15) is 5.10 Å². The first-order valence-corrected chi connectivity index (χ1v) is 7.03. The molecule has 1 aliphatic rings. The van der Waals surface area contributed by atoms with Crippen molar-refractivity contribution in [3.63, 3.8) is 0 Å². The zero-order chi connectivity index (χ0) is 13.7. The monoisotopic (exact) mass is 265 g/mol. The minimum atomic E-state index is 0.0561. The quantitative estimate of drug-likeness (QED) is 0.888. The summed E-state index contributed by atoms with van der Waals surface area (Å²) in [6, 6.07) is 0. The van der Waals surface area contributed by atoms with Crippen molar-refractivity contribution < 1.29 is 9.53 Å². The van der Waals surface area contributed by atoms with E-state index in [1.165, 1.54) is 0 Å². The molecule has 0 saturated carbocycles. The van der Waals surface area contributed by atoms with Gasteiger partial charge in [0.05, 0.1) is 11.9 Å². The van der Waals surface area contributed by atoms with Crippen LogP contribution in [0.3, 0.4) is 0 Å². The Labute approximate surface area is 114 Å². The topological polar surface area (TPSA) is 56.2 Å². The van der Waals surface area contributed by atoms with Crippen LogP contribution in [0.5, 0.6) is 0 Å². The van der Waals surface area contributed by atoms with Gasteiger partial charge in [-0.3, -0.25) is 9.48 Å². The molecule has 0 unspecified atom stereocenters. The Kier molecular flexibility index (Phi) is 4.96. The summed E-state index contributed by atoms with van der Waals surface area (Å²) in [6.45, 7) is 6.68. The van der Waals surface area contributed by atoms with Gasteiger partial charge in [0, 0.05) is 32.4 Å². The normalized spacial score (nSPS) is 16.8. The minimum Gasteiger partial charge on any atom is -0.381 e. The van der Waals surface area contributed by atoms with Crippen LogP contribution < -0.4 is 5.32 Å². The van der Waals surface area contributed by atoms with Crippen molar-refractivity contribution in [2.45, 2.75) is 39.7 Å². The average Bonchev–Trinajstić information content (AvgIpc) is 2.76. The number of ether oxygens (including phenoxy) is 1. The lowest BCUT2D eigenvalue weighted by molar-refractivity contribution is -0.116. The molecule has 2 heterocycles. The molecule has 0 aliphatic carbocycles. The van der Waals surface area contributed by atoms with E-state index in [0.29, 0.717) is 18.3 Å². The molecule has 1 aromatic heterocycles. The number of anilines is 1. The molecule has 0 spiro atoms. The second kappa shape index (κ2) is 6.70. The molecular formula is C14H23N3O2. The second-order valence-corrected chi connectivity index (χ2v) is 5.65. The van der Waals surface area contributed by atoms with Crippen molar-refractivity contribution in [3.8, 4) is 0 Å². The Morgan fingerprint density at radius 1 is 1.53 bits per heavy atom. The molecule has 1 saturated heterocycles. The van der Waals surface area contributed by atoms with Crippen molar-refractivity contribution >= 4 is 11.6 Å². The number of nitrogens with zero attached hydrogens (tertiary/aromatic N) is 2. The molecule has 0 radical (unpaired) electrons. The van der Waals surface area contributed by atoms with Crippen LogP contribution in [0.4, 0.5) is 5.69 Å². The summed E-state index contributed by atoms with van der Waals surface area (Å²) in [5.41, 5.74) is 0.790. The Morgan fingerprint density at radius 3 is 2.95 bits per heavy atom. The highest BCUT2D eigenvalue weighted by Crippen LogP contribution is 2.17. The van der Waals surface area contributed by atoms with Crippen molar-refractivity contribution in [3.05, 3.63) is 12.4 Å². The number of hydrogen-bond acceptors (Lipinski definition) is 3. The highest BCUT2D eigenvalue weighted by molar-refractivity contribution is 5.90. The number of aromatic nitrogens is 2. The molecule has 106 valence electrons. The van der Waals surface area contributed by atoms with Crippen LogP contribution in [0.2, 0.25) is 0 Å². The number of nitrogens with one attached hydrogen (secondary N) is 1. The Balaban J connectivity index is 1.82. The summed E-state index contributed by atoms with van der Waals surface area (Å²) in [7, 11) is 0. The summed E-state index contributed by atoms with van der Waals surface area (Å²) in [5, 5.41) is 7.19. The Bertz CT molecular complexity index is 409. The summed E-state index contributed by atoms with van der Waals surface area (Å²) < 4.78 is 7.26. The third kappa shape index (κ3) is 4.67. The van der Waals surface area contributed by atoms with Gasteiger partial charge >= 0.3 is 0 Å². The van der Waals surface area contributed by atoms with E-state index in [1.54, 1.807) is 6.20 Å². The number of hydrogen-bond donors (Lipinski definition) is 1. The first-order valence-electron chi connectivity index (χ1n) is 7.03. The van der Waals surface area contributed by atoms with Crippen LogP contribution in [-0.2, 0) is 16.1 Å². The zero-order valence-electron chi connectivity index (χ0n) is 11.8. The molecule has 19 heavy (non-hydrogen) atoms. The number of rotatable bonds is 5. The molecule has 0 atom stereocenters. The number of amides is 1. The predicted molar refractivity (Wildman–Crippen MR) is 73.9 cm³/mol. The first-order chi connectivity index (χ1) is 9.13. The van der Waals surface area contributed by atoms with Gasteiger partial charge in [0.1, 0.15) is 0 Å². The van der Waals surface area contributed by atoms with Crippen molar-refractivity contribution in [2.24, 2.45) is 11.8 Å². The van der Waals surface area contributed by atoms with Gasteiger partial charge < -0.3 is 10.1 Å². The van der Waals surface area contributed by atoms with E-state index in [0.717, 1.165) is 38.3 Å². The van der Waals surface area contributed by atoms with Crippen molar-refractivity contribution in [2.75, 3.05) is 18.5 Å². The highest BCUT2D eigenvalue weighted by atomic mass is 16.5. The lowest BCUT2D eigenvalue weighted by Gasteiger charge is -2.21. The minimum absolute atomic E-state index is 0.0561. The van der Waals surface area contributed by atoms with E-state index in [4.69, 9.17) is 4.74 Å². The van der Waals surface area contributed by atoms with Gasteiger partial charge in [-0.1, -0.05) is 13.8 Å². The summed E-state index contributed by atoms with van der Waals surface area (Å²) in [6.07, 6.45) is 6.36. The fourth-order valence-electron chi connectivity index (χ4n) is 2.30. The molecule has 1 amide bonds. The summed E-state index contributed by atoms with van der Waals surface area (Å²) >= 11 is 0. The maximum atomic E-state index is 11.7. The fourth-order valence-corrected chi connectivity index (χ4v) is 2.30. The van der Waals surface area contributed by atoms with E-state index >= 15 is 0 Å². The zero-order valence-corrected chi connectivity index (χ0v) is 11.8. The van der Waals surface area contributed by atoms with E-state index < -0.39 is 0 Å². The standard InChI is InChI=1S/C14H23N3O2/c1-11(2)7-14(18)16-13-8-15-17(10-13)9-12-3-5-19-6-4-12/h8,10-12H,3-7,9H2,1-2H3,(H,16,18). The van der Waals surface area contributed by atoms with Gasteiger partial charge in [0.2, 0.25) is 5.91 Å². The molecule has 5 nitrogen and oxygen atoms in total. The molecule has 1 aromatic rings. The predicted octanol–water partition coefficient (Wildman–Crippen LogP) is 2.29. The molecule has 2 rings (SSSR count). The van der Waals surface area contributed by atoms with Crippen LogP contribution in [0, 0.1) is 11.8 Å². The third-order valence-corrected chi connectivity index (χ3v) is 3.30. The number of carbonyl (C=O) groups is 1. The molecule has 1 fully saturated rings. The maximum Gasteiger partial charge on any atom is 0.224 e. The van der Waals surface area contributed by atoms with Crippen LogP contribution in [0.1, 0.15) is 33.1 Å². The lowest BCUT2D eigenvalue weighted by Crippen LogP contribution is -2.20. The van der Waals surface area contributed by atoms with Gasteiger partial charge in [-0.05, 0) is 24.7 Å². The maximum absolute atomic E-state index is 11.7. The third-order valence-electron chi connectivity index (χ3n) is 3.30. The summed E-state index contributed by atoms with van der Waals surface area (Å²) in [4.78, 5) is 11.7. The summed E-state index contributed by atoms with van der Waals surface area (Å²) in [5.74, 6) is 1.06. The smallest absolute Gasteiger partial charge is 0.224 e. The Hall–Kier alpha value is -1.36. The SMILES string of the molecule is CC(C)CC(=O)Nc1cnn(CC2CCOCC2)c1. The molecular weight excluding hydrogens is 242 g/mol. The first kappa shape index (κ1) is 14.1. The van der Waals surface area contributed by atoms with Crippen molar-refractivity contribution in [1.82, 2.24) is 9.78 Å². The van der Waals surface area contributed by atoms with Gasteiger partial charge in [-0.15, -0.1) is 0 Å². The van der Waals surface area contributed by atoms with Crippen LogP contribution in [0.25, 0.3) is 0 Å². The van der Waals surface area contributed by atoms with Crippen LogP contribution in [0.15, 0.2) is 12.4 Å². The lowest BCUT2D eigenvalue weighted by atomic mass is 10.0. The highest BCUT2D eigenvalue weighted by Gasteiger charge is 2.15. The van der Waals surface area contributed by atoms with E-state index in [2.05, 4.69) is 10.4 Å². The van der Waals surface area contributed by atoms with Crippen LogP contribution >= 0.6 is 0 Å². The fraction of sp³-hybridized carbons (Fsp3) is 0.714. The molecule has 5 heteroatoms.